The minimum Gasteiger partial charge on any atom is -0.489 e. The number of benzene rings is 2. The van der Waals surface area contributed by atoms with Crippen molar-refractivity contribution in [3.8, 4) is 5.75 Å². The Kier molecular flexibility index (Phi) is 4.53. The topological polar surface area (TPSA) is 47.6 Å². The molecule has 1 N–H and O–H groups in total. The van der Waals surface area contributed by atoms with Crippen LogP contribution in [0.1, 0.15) is 15.9 Å². The summed E-state index contributed by atoms with van der Waals surface area (Å²) in [5, 5.41) is 0. The maximum absolute atomic E-state index is 11.8. The number of nitrogens with one attached hydrogen (secondary N) is 1. The van der Waals surface area contributed by atoms with Gasteiger partial charge < -0.3 is 4.74 Å². The minimum atomic E-state index is -0.283. The van der Waals surface area contributed by atoms with E-state index in [4.69, 9.17) is 4.74 Å². The zero-order valence-corrected chi connectivity index (χ0v) is 10.6. The van der Waals surface area contributed by atoms with E-state index in [9.17, 15) is 4.79 Å². The van der Waals surface area contributed by atoms with E-state index in [1.54, 1.807) is 12.1 Å². The van der Waals surface area contributed by atoms with Gasteiger partial charge in [0, 0.05) is 11.1 Å². The zero-order valence-electron chi connectivity index (χ0n) is 10.6. The lowest BCUT2D eigenvalue weighted by molar-refractivity contribution is 0.0535. The molecule has 0 bridgehead atoms. The number of hydrogen-bond acceptors (Lipinski definition) is 3. The second-order valence-corrected chi connectivity index (χ2v) is 3.89. The third-order valence-corrected chi connectivity index (χ3v) is 2.59. The lowest BCUT2D eigenvalue weighted by atomic mass is 10.1. The molecule has 0 aromatic heterocycles. The van der Waals surface area contributed by atoms with E-state index in [1.165, 1.54) is 7.11 Å². The summed E-state index contributed by atoms with van der Waals surface area (Å²) in [6, 6.07) is 16.7. The fourth-order valence-electron chi connectivity index (χ4n) is 1.69. The number of carbonyl (C=O) groups is 1. The number of amides is 1. The van der Waals surface area contributed by atoms with Gasteiger partial charge in [-0.05, 0) is 18.2 Å². The van der Waals surface area contributed by atoms with Crippen molar-refractivity contribution in [1.82, 2.24) is 5.48 Å². The Balaban J connectivity index is 2.10. The van der Waals surface area contributed by atoms with Gasteiger partial charge in [-0.15, -0.1) is 0 Å². The van der Waals surface area contributed by atoms with Crippen LogP contribution >= 0.6 is 0 Å². The molecule has 0 radical (unpaired) electrons. The van der Waals surface area contributed by atoms with Crippen LogP contribution in [0.3, 0.4) is 0 Å². The molecule has 0 saturated heterocycles. The smallest absolute Gasteiger partial charge is 0.275 e. The van der Waals surface area contributed by atoms with Gasteiger partial charge >= 0.3 is 0 Å². The average molecular weight is 257 g/mol. The second-order valence-electron chi connectivity index (χ2n) is 3.89. The molecular weight excluding hydrogens is 242 g/mol. The fraction of sp³-hybridized carbons (Fsp3) is 0.133. The predicted molar refractivity (Wildman–Crippen MR) is 71.7 cm³/mol. The van der Waals surface area contributed by atoms with Crippen molar-refractivity contribution in [1.29, 1.82) is 0 Å². The molecule has 0 aliphatic heterocycles. The van der Waals surface area contributed by atoms with Gasteiger partial charge in [0.2, 0.25) is 0 Å². The molecule has 0 saturated carbocycles. The van der Waals surface area contributed by atoms with Gasteiger partial charge in [0.25, 0.3) is 5.91 Å². The normalized spacial score (nSPS) is 9.95. The van der Waals surface area contributed by atoms with Gasteiger partial charge in [-0.3, -0.25) is 9.63 Å². The SMILES string of the molecule is CONC(=O)c1ccccc1COc1ccccc1. The first-order valence-corrected chi connectivity index (χ1v) is 5.90. The monoisotopic (exact) mass is 257 g/mol. The number of carbonyl (C=O) groups excluding carboxylic acids is 1. The molecule has 19 heavy (non-hydrogen) atoms. The lowest BCUT2D eigenvalue weighted by Crippen LogP contribution is -2.23. The standard InChI is InChI=1S/C15H15NO3/c1-18-16-15(17)14-10-6-5-7-12(14)11-19-13-8-3-2-4-9-13/h2-10H,11H2,1H3,(H,16,17). The van der Waals surface area contributed by atoms with Gasteiger partial charge in [-0.1, -0.05) is 36.4 Å². The van der Waals surface area contributed by atoms with Crippen molar-refractivity contribution in [2.45, 2.75) is 6.61 Å². The fourth-order valence-corrected chi connectivity index (χ4v) is 1.69. The summed E-state index contributed by atoms with van der Waals surface area (Å²) >= 11 is 0. The molecule has 0 unspecified atom stereocenters. The van der Waals surface area contributed by atoms with E-state index in [0.29, 0.717) is 12.2 Å². The first kappa shape index (κ1) is 13.1. The number of para-hydroxylation sites is 1. The molecule has 4 heteroatoms. The number of hydrogen-bond donors (Lipinski definition) is 1. The molecule has 0 atom stereocenters. The van der Waals surface area contributed by atoms with Crippen LogP contribution < -0.4 is 10.2 Å². The van der Waals surface area contributed by atoms with Crippen LogP contribution in [0.4, 0.5) is 0 Å². The summed E-state index contributed by atoms with van der Waals surface area (Å²) in [5.41, 5.74) is 3.65. The van der Waals surface area contributed by atoms with Crippen LogP contribution in [0.15, 0.2) is 54.6 Å². The molecule has 2 rings (SSSR count). The van der Waals surface area contributed by atoms with Crippen molar-refractivity contribution in [2.24, 2.45) is 0 Å². The van der Waals surface area contributed by atoms with Crippen LogP contribution in [0.25, 0.3) is 0 Å². The Morgan fingerprint density at radius 1 is 1.05 bits per heavy atom. The van der Waals surface area contributed by atoms with Crippen molar-refractivity contribution in [3.05, 3.63) is 65.7 Å². The molecule has 98 valence electrons. The number of rotatable bonds is 5. The molecule has 2 aromatic carbocycles. The van der Waals surface area contributed by atoms with Crippen molar-refractivity contribution < 1.29 is 14.4 Å². The van der Waals surface area contributed by atoms with Crippen LogP contribution in [-0.2, 0) is 11.4 Å². The average Bonchev–Trinajstić information content (AvgIpc) is 2.47. The minimum absolute atomic E-state index is 0.283. The van der Waals surface area contributed by atoms with Gasteiger partial charge in [0.05, 0.1) is 7.11 Å². The Morgan fingerprint density at radius 2 is 1.74 bits per heavy atom. The predicted octanol–water partition coefficient (Wildman–Crippen LogP) is 2.56. The van der Waals surface area contributed by atoms with E-state index in [0.717, 1.165) is 11.3 Å². The zero-order chi connectivity index (χ0) is 13.5. The highest BCUT2D eigenvalue weighted by Gasteiger charge is 2.10. The van der Waals surface area contributed by atoms with Crippen LogP contribution in [0, 0.1) is 0 Å². The third kappa shape index (κ3) is 3.56. The first-order chi connectivity index (χ1) is 9.31. The van der Waals surface area contributed by atoms with E-state index in [-0.39, 0.29) is 5.91 Å². The van der Waals surface area contributed by atoms with E-state index >= 15 is 0 Å². The summed E-state index contributed by atoms with van der Waals surface area (Å²) in [6.45, 7) is 0.331. The van der Waals surface area contributed by atoms with Gasteiger partial charge in [0.15, 0.2) is 0 Å². The van der Waals surface area contributed by atoms with E-state index in [2.05, 4.69) is 10.3 Å². The molecule has 0 aliphatic carbocycles. The van der Waals surface area contributed by atoms with Crippen LogP contribution in [-0.4, -0.2) is 13.0 Å². The largest absolute Gasteiger partial charge is 0.489 e. The Morgan fingerprint density at radius 3 is 2.47 bits per heavy atom. The molecule has 0 spiro atoms. The molecule has 4 nitrogen and oxygen atoms in total. The Hall–Kier alpha value is -2.33. The highest BCUT2D eigenvalue weighted by molar-refractivity contribution is 5.94. The first-order valence-electron chi connectivity index (χ1n) is 5.90. The third-order valence-electron chi connectivity index (χ3n) is 2.59. The number of ether oxygens (including phenoxy) is 1. The molecular formula is C15H15NO3. The molecule has 0 fully saturated rings. The Bertz CT molecular complexity index is 540. The maximum atomic E-state index is 11.8. The molecule has 1 amide bonds. The Labute approximate surface area is 111 Å². The van der Waals surface area contributed by atoms with Crippen molar-refractivity contribution in [2.75, 3.05) is 7.11 Å². The highest BCUT2D eigenvalue weighted by atomic mass is 16.6. The summed E-state index contributed by atoms with van der Waals surface area (Å²) in [6.07, 6.45) is 0. The van der Waals surface area contributed by atoms with Crippen LogP contribution in [0.5, 0.6) is 5.75 Å². The summed E-state index contributed by atoms with van der Waals surface area (Å²) in [5.74, 6) is 0.485. The summed E-state index contributed by atoms with van der Waals surface area (Å²) < 4.78 is 5.64. The molecule has 2 aromatic rings. The van der Waals surface area contributed by atoms with Crippen molar-refractivity contribution in [3.63, 3.8) is 0 Å². The van der Waals surface area contributed by atoms with E-state index in [1.807, 2.05) is 42.5 Å². The number of hydroxylamine groups is 1. The second kappa shape index (κ2) is 6.56. The van der Waals surface area contributed by atoms with Crippen LogP contribution in [0.2, 0.25) is 0 Å². The van der Waals surface area contributed by atoms with E-state index < -0.39 is 0 Å². The van der Waals surface area contributed by atoms with Gasteiger partial charge in [0.1, 0.15) is 12.4 Å². The maximum Gasteiger partial charge on any atom is 0.275 e. The van der Waals surface area contributed by atoms with Gasteiger partial charge in [-0.2, -0.15) is 0 Å². The lowest BCUT2D eigenvalue weighted by Gasteiger charge is -2.10. The van der Waals surface area contributed by atoms with Gasteiger partial charge in [-0.25, -0.2) is 5.48 Å². The molecule has 0 heterocycles. The summed E-state index contributed by atoms with van der Waals surface area (Å²) in [4.78, 5) is 16.4. The summed E-state index contributed by atoms with van der Waals surface area (Å²) in [7, 11) is 1.40. The van der Waals surface area contributed by atoms with Crippen molar-refractivity contribution >= 4 is 5.91 Å². The highest BCUT2D eigenvalue weighted by Crippen LogP contribution is 2.14. The quantitative estimate of drug-likeness (QED) is 0.837. The molecule has 0 aliphatic rings.